The molecule has 0 bridgehead atoms. The van der Waals surface area contributed by atoms with Crippen LogP contribution in [0.25, 0.3) is 0 Å². The number of aryl methyl sites for hydroxylation is 1. The third kappa shape index (κ3) is 2.96. The molecule has 4 heteroatoms. The third-order valence-electron chi connectivity index (χ3n) is 3.04. The third-order valence-corrected chi connectivity index (χ3v) is 3.04. The minimum Gasteiger partial charge on any atom is -0.311 e. The van der Waals surface area contributed by atoms with Crippen LogP contribution < -0.4 is 5.32 Å². The highest BCUT2D eigenvalue weighted by Crippen LogP contribution is 2.20. The molecule has 1 heterocycles. The molecule has 0 spiro atoms. The summed E-state index contributed by atoms with van der Waals surface area (Å²) in [4.78, 5) is 12.0. The van der Waals surface area contributed by atoms with Crippen molar-refractivity contribution in [1.82, 2.24) is 9.78 Å². The van der Waals surface area contributed by atoms with Crippen LogP contribution in [0.5, 0.6) is 0 Å². The molecule has 1 atom stereocenters. The molecular weight excluding hydrogens is 214 g/mol. The van der Waals surface area contributed by atoms with Gasteiger partial charge in [0.15, 0.2) is 0 Å². The Balaban J connectivity index is 1.97. The first kappa shape index (κ1) is 11.9. The van der Waals surface area contributed by atoms with Gasteiger partial charge in [0.2, 0.25) is 5.91 Å². The quantitative estimate of drug-likeness (QED) is 0.812. The number of carbonyl (C=O) groups is 1. The van der Waals surface area contributed by atoms with Gasteiger partial charge in [-0.15, -0.1) is 0 Å². The molecule has 0 radical (unpaired) electrons. The standard InChI is InChI=1S/C13H19N3O/c1-2-10-16-12(8-9-14-16)15-13(17)11-6-4-3-5-7-11/h3-4,8-9,11H,2,5-7,10H2,1H3,(H,15,17)/t11-/m0/s1. The lowest BCUT2D eigenvalue weighted by molar-refractivity contribution is -0.120. The van der Waals surface area contributed by atoms with E-state index in [9.17, 15) is 4.79 Å². The molecule has 1 aromatic rings. The van der Waals surface area contributed by atoms with Gasteiger partial charge in [0, 0.05) is 18.5 Å². The van der Waals surface area contributed by atoms with Crippen molar-refractivity contribution in [2.75, 3.05) is 5.32 Å². The van der Waals surface area contributed by atoms with Gasteiger partial charge in [-0.3, -0.25) is 4.79 Å². The molecule has 4 nitrogen and oxygen atoms in total. The van der Waals surface area contributed by atoms with E-state index >= 15 is 0 Å². The smallest absolute Gasteiger partial charge is 0.228 e. The van der Waals surface area contributed by atoms with Crippen LogP contribution in [-0.4, -0.2) is 15.7 Å². The fourth-order valence-electron chi connectivity index (χ4n) is 2.09. The first-order chi connectivity index (χ1) is 8.31. The summed E-state index contributed by atoms with van der Waals surface area (Å²) < 4.78 is 1.84. The van der Waals surface area contributed by atoms with E-state index in [1.54, 1.807) is 6.20 Å². The number of carbonyl (C=O) groups excluding carboxylic acids is 1. The molecule has 17 heavy (non-hydrogen) atoms. The van der Waals surface area contributed by atoms with Crippen LogP contribution in [0.2, 0.25) is 0 Å². The van der Waals surface area contributed by atoms with Gasteiger partial charge in [0.25, 0.3) is 0 Å². The minimum atomic E-state index is 0.116. The topological polar surface area (TPSA) is 46.9 Å². The minimum absolute atomic E-state index is 0.116. The SMILES string of the molecule is CCCn1nccc1NC(=O)[C@H]1CC=CCC1. The number of allylic oxidation sites excluding steroid dienone is 2. The predicted octanol–water partition coefficient (Wildman–Crippen LogP) is 2.59. The summed E-state index contributed by atoms with van der Waals surface area (Å²) in [6, 6.07) is 1.85. The van der Waals surface area contributed by atoms with E-state index in [-0.39, 0.29) is 11.8 Å². The van der Waals surface area contributed by atoms with E-state index in [4.69, 9.17) is 0 Å². The zero-order valence-electron chi connectivity index (χ0n) is 10.2. The Morgan fingerprint density at radius 1 is 1.59 bits per heavy atom. The molecule has 0 saturated carbocycles. The van der Waals surface area contributed by atoms with Crippen LogP contribution in [0.1, 0.15) is 32.6 Å². The molecule has 1 N–H and O–H groups in total. The van der Waals surface area contributed by atoms with Crippen molar-refractivity contribution < 1.29 is 4.79 Å². The van der Waals surface area contributed by atoms with E-state index in [2.05, 4.69) is 29.5 Å². The van der Waals surface area contributed by atoms with Gasteiger partial charge < -0.3 is 5.32 Å². The second-order valence-electron chi connectivity index (χ2n) is 4.41. The fraction of sp³-hybridized carbons (Fsp3) is 0.538. The molecule has 1 aliphatic carbocycles. The molecule has 1 amide bonds. The molecule has 1 aromatic heterocycles. The zero-order chi connectivity index (χ0) is 12.1. The molecule has 0 fully saturated rings. The van der Waals surface area contributed by atoms with E-state index in [1.807, 2.05) is 10.7 Å². The Hall–Kier alpha value is -1.58. The van der Waals surface area contributed by atoms with Crippen molar-refractivity contribution >= 4 is 11.7 Å². The van der Waals surface area contributed by atoms with E-state index < -0.39 is 0 Å². The molecule has 0 unspecified atom stereocenters. The van der Waals surface area contributed by atoms with Crippen molar-refractivity contribution in [2.24, 2.45) is 5.92 Å². The highest BCUT2D eigenvalue weighted by molar-refractivity contribution is 5.91. The summed E-state index contributed by atoms with van der Waals surface area (Å²) in [5, 5.41) is 7.16. The van der Waals surface area contributed by atoms with E-state index in [0.717, 1.165) is 38.0 Å². The van der Waals surface area contributed by atoms with Crippen LogP contribution in [0.4, 0.5) is 5.82 Å². The van der Waals surface area contributed by atoms with Gasteiger partial charge >= 0.3 is 0 Å². The molecule has 1 aliphatic rings. The van der Waals surface area contributed by atoms with Crippen molar-refractivity contribution in [3.05, 3.63) is 24.4 Å². The lowest BCUT2D eigenvalue weighted by atomic mass is 9.94. The van der Waals surface area contributed by atoms with Crippen LogP contribution in [0.3, 0.4) is 0 Å². The maximum Gasteiger partial charge on any atom is 0.228 e. The van der Waals surface area contributed by atoms with Crippen molar-refractivity contribution in [3.63, 3.8) is 0 Å². The average molecular weight is 233 g/mol. The first-order valence-corrected chi connectivity index (χ1v) is 6.29. The maximum absolute atomic E-state index is 12.0. The number of amides is 1. The second kappa shape index (κ2) is 5.66. The average Bonchev–Trinajstić information content (AvgIpc) is 2.78. The summed E-state index contributed by atoms with van der Waals surface area (Å²) in [6.07, 6.45) is 9.79. The van der Waals surface area contributed by atoms with Crippen molar-refractivity contribution in [2.45, 2.75) is 39.2 Å². The van der Waals surface area contributed by atoms with Crippen LogP contribution >= 0.6 is 0 Å². The molecule has 0 aromatic carbocycles. The first-order valence-electron chi connectivity index (χ1n) is 6.29. The monoisotopic (exact) mass is 233 g/mol. The Morgan fingerprint density at radius 3 is 3.18 bits per heavy atom. The highest BCUT2D eigenvalue weighted by atomic mass is 16.2. The number of hydrogen-bond acceptors (Lipinski definition) is 2. The summed E-state index contributed by atoms with van der Waals surface area (Å²) in [5.41, 5.74) is 0. The molecule has 2 rings (SSSR count). The van der Waals surface area contributed by atoms with Crippen molar-refractivity contribution in [1.29, 1.82) is 0 Å². The van der Waals surface area contributed by atoms with Gasteiger partial charge in [0.1, 0.15) is 5.82 Å². The largest absolute Gasteiger partial charge is 0.311 e. The van der Waals surface area contributed by atoms with Gasteiger partial charge in [-0.1, -0.05) is 19.1 Å². The van der Waals surface area contributed by atoms with Crippen LogP contribution in [-0.2, 0) is 11.3 Å². The van der Waals surface area contributed by atoms with E-state index in [1.165, 1.54) is 0 Å². The Bertz CT molecular complexity index is 409. The summed E-state index contributed by atoms with van der Waals surface area (Å²) >= 11 is 0. The number of nitrogens with one attached hydrogen (secondary N) is 1. The molecule has 0 saturated heterocycles. The maximum atomic E-state index is 12.0. The normalized spacial score (nSPS) is 19.2. The van der Waals surface area contributed by atoms with Gasteiger partial charge in [-0.2, -0.15) is 5.10 Å². The lowest BCUT2D eigenvalue weighted by Crippen LogP contribution is -2.25. The van der Waals surface area contributed by atoms with Crippen LogP contribution in [0, 0.1) is 5.92 Å². The Labute approximate surface area is 102 Å². The van der Waals surface area contributed by atoms with Crippen LogP contribution in [0.15, 0.2) is 24.4 Å². The van der Waals surface area contributed by atoms with Gasteiger partial charge in [-0.25, -0.2) is 4.68 Å². The fourth-order valence-corrected chi connectivity index (χ4v) is 2.09. The van der Waals surface area contributed by atoms with Gasteiger partial charge in [0.05, 0.1) is 6.20 Å². The summed E-state index contributed by atoms with van der Waals surface area (Å²) in [5.74, 6) is 1.04. The number of hydrogen-bond donors (Lipinski definition) is 1. The number of rotatable bonds is 4. The predicted molar refractivity (Wildman–Crippen MR) is 67.6 cm³/mol. The number of anilines is 1. The van der Waals surface area contributed by atoms with Gasteiger partial charge in [-0.05, 0) is 25.7 Å². The lowest BCUT2D eigenvalue weighted by Gasteiger charge is -2.17. The summed E-state index contributed by atoms with van der Waals surface area (Å²) in [7, 11) is 0. The molecule has 92 valence electrons. The van der Waals surface area contributed by atoms with E-state index in [0.29, 0.717) is 0 Å². The summed E-state index contributed by atoms with van der Waals surface area (Å²) in [6.45, 7) is 2.94. The number of nitrogens with zero attached hydrogens (tertiary/aromatic N) is 2. The van der Waals surface area contributed by atoms with Crippen molar-refractivity contribution in [3.8, 4) is 0 Å². The molecular formula is C13H19N3O. The Kier molecular flexibility index (Phi) is 3.96. The highest BCUT2D eigenvalue weighted by Gasteiger charge is 2.19. The zero-order valence-corrected chi connectivity index (χ0v) is 10.2. The number of aromatic nitrogens is 2. The molecule has 0 aliphatic heterocycles. The second-order valence-corrected chi connectivity index (χ2v) is 4.41. The Morgan fingerprint density at radius 2 is 2.47 bits per heavy atom.